The van der Waals surface area contributed by atoms with Crippen LogP contribution in [-0.2, 0) is 6.18 Å². The quantitative estimate of drug-likeness (QED) is 0.424. The Morgan fingerprint density at radius 1 is 1.14 bits per heavy atom. The van der Waals surface area contributed by atoms with E-state index in [9.17, 15) is 18.0 Å². The van der Waals surface area contributed by atoms with Crippen LogP contribution in [0.15, 0.2) is 24.4 Å². The van der Waals surface area contributed by atoms with Crippen LogP contribution in [0.25, 0.3) is 11.0 Å². The van der Waals surface area contributed by atoms with Gasteiger partial charge in [0.1, 0.15) is 0 Å². The highest BCUT2D eigenvalue weighted by molar-refractivity contribution is 7.17. The van der Waals surface area contributed by atoms with Crippen molar-refractivity contribution < 1.29 is 32.2 Å². The first-order chi connectivity index (χ1) is 13.7. The molecular weight excluding hydrogens is 409 g/mol. The number of carbonyl (C=O) groups is 1. The molecule has 0 N–H and O–H groups in total. The third kappa shape index (κ3) is 3.93. The van der Waals surface area contributed by atoms with Gasteiger partial charge in [-0.15, -0.1) is 11.3 Å². The molecule has 0 radical (unpaired) electrons. The second kappa shape index (κ2) is 7.78. The minimum Gasteiger partial charge on any atom is -0.493 e. The Hall–Kier alpha value is -3.01. The number of ether oxygens (including phenoxy) is 3. The Kier molecular flexibility index (Phi) is 5.56. The van der Waals surface area contributed by atoms with Crippen molar-refractivity contribution in [3.05, 3.63) is 46.2 Å². The van der Waals surface area contributed by atoms with Crippen molar-refractivity contribution in [2.24, 2.45) is 0 Å². The molecule has 0 spiro atoms. The molecule has 0 bridgehead atoms. The molecule has 3 rings (SSSR count). The number of hydrogen-bond donors (Lipinski definition) is 0. The van der Waals surface area contributed by atoms with E-state index in [2.05, 4.69) is 4.98 Å². The van der Waals surface area contributed by atoms with Crippen LogP contribution in [0.5, 0.6) is 17.2 Å². The first kappa shape index (κ1) is 20.7. The summed E-state index contributed by atoms with van der Waals surface area (Å²) in [7, 11) is 4.23. The van der Waals surface area contributed by atoms with Crippen LogP contribution < -0.4 is 14.2 Å². The van der Waals surface area contributed by atoms with Crippen molar-refractivity contribution in [3.8, 4) is 17.2 Å². The summed E-state index contributed by atoms with van der Waals surface area (Å²) < 4.78 is 57.0. The third-order valence-corrected chi connectivity index (χ3v) is 4.99. The Labute approximate surface area is 168 Å². The molecule has 10 heteroatoms. The Balaban J connectivity index is 2.04. The highest BCUT2D eigenvalue weighted by Gasteiger charge is 2.37. The lowest BCUT2D eigenvalue weighted by atomic mass is 10.1. The van der Waals surface area contributed by atoms with Gasteiger partial charge < -0.3 is 14.2 Å². The molecule has 0 unspecified atom stereocenters. The Morgan fingerprint density at radius 3 is 2.28 bits per heavy atom. The molecule has 0 fully saturated rings. The summed E-state index contributed by atoms with van der Waals surface area (Å²) in [6.07, 6.45) is -0.923. The number of carbonyl (C=O) groups excluding carboxylic acids is 1. The van der Waals surface area contributed by atoms with E-state index < -0.39 is 17.7 Å². The molecule has 0 amide bonds. The lowest BCUT2D eigenvalue weighted by Crippen LogP contribution is -2.08. The van der Waals surface area contributed by atoms with Crippen molar-refractivity contribution in [1.29, 1.82) is 0 Å². The van der Waals surface area contributed by atoms with Crippen molar-refractivity contribution in [1.82, 2.24) is 9.38 Å². The molecule has 1 aromatic carbocycles. The van der Waals surface area contributed by atoms with Crippen molar-refractivity contribution in [3.63, 3.8) is 0 Å². The van der Waals surface area contributed by atoms with E-state index in [4.69, 9.17) is 14.2 Å². The summed E-state index contributed by atoms with van der Waals surface area (Å²) in [6.45, 7) is 1.77. The number of benzene rings is 1. The van der Waals surface area contributed by atoms with Crippen LogP contribution in [0.3, 0.4) is 0 Å². The number of fused-ring (bicyclic) bond motifs is 1. The van der Waals surface area contributed by atoms with E-state index in [1.165, 1.54) is 37.9 Å². The van der Waals surface area contributed by atoms with Crippen molar-refractivity contribution in [2.45, 2.75) is 13.1 Å². The number of aromatic nitrogens is 2. The average Bonchev–Trinajstić information content (AvgIpc) is 3.20. The van der Waals surface area contributed by atoms with Crippen molar-refractivity contribution in [2.75, 3.05) is 21.3 Å². The minimum absolute atomic E-state index is 0.173. The van der Waals surface area contributed by atoms with Crippen LogP contribution >= 0.6 is 11.3 Å². The fourth-order valence-electron chi connectivity index (χ4n) is 2.81. The van der Waals surface area contributed by atoms with Crippen LogP contribution in [-0.4, -0.2) is 36.5 Å². The molecule has 0 aliphatic heterocycles. The van der Waals surface area contributed by atoms with E-state index in [0.29, 0.717) is 5.75 Å². The zero-order valence-electron chi connectivity index (χ0n) is 16.0. The van der Waals surface area contributed by atoms with Gasteiger partial charge in [0.25, 0.3) is 0 Å². The molecule has 0 saturated carbocycles. The molecule has 0 saturated heterocycles. The van der Waals surface area contributed by atoms with Gasteiger partial charge in [0.15, 0.2) is 27.9 Å². The molecule has 0 atom stereocenters. The standard InChI is InChI=1S/C19H17F3N2O4S/c1-10-9-24-12(17(19(20,21)22)23-18(24)29-10)5-6-13(25)11-7-14(26-2)16(28-4)15(8-11)27-3/h5-9H,1-4H3/b6-5+. The third-order valence-electron chi connectivity index (χ3n) is 4.09. The van der Waals surface area contributed by atoms with Gasteiger partial charge in [-0.25, -0.2) is 4.98 Å². The SMILES string of the molecule is COc1cc(C(=O)/C=C/c2c(C(F)(F)F)nc3sc(C)cn23)cc(OC)c1OC. The molecule has 6 nitrogen and oxygen atoms in total. The molecule has 0 aliphatic carbocycles. The minimum atomic E-state index is -4.64. The molecular formula is C19H17F3N2O4S. The largest absolute Gasteiger partial charge is 0.493 e. The van der Waals surface area contributed by atoms with Gasteiger partial charge in [-0.05, 0) is 31.2 Å². The van der Waals surface area contributed by atoms with Gasteiger partial charge in [0.05, 0.1) is 27.0 Å². The zero-order valence-corrected chi connectivity index (χ0v) is 16.8. The van der Waals surface area contributed by atoms with Gasteiger partial charge in [0.2, 0.25) is 5.75 Å². The summed E-state index contributed by atoms with van der Waals surface area (Å²) in [5.74, 6) is 0.306. The summed E-state index contributed by atoms with van der Waals surface area (Å²) in [4.78, 5) is 17.3. The summed E-state index contributed by atoms with van der Waals surface area (Å²) in [5, 5.41) is 0. The predicted molar refractivity (Wildman–Crippen MR) is 102 cm³/mol. The summed E-state index contributed by atoms with van der Waals surface area (Å²) in [5.41, 5.74) is -1.08. The first-order valence-corrected chi connectivity index (χ1v) is 9.09. The van der Waals surface area contributed by atoms with Gasteiger partial charge in [-0.3, -0.25) is 9.20 Å². The van der Waals surface area contributed by atoms with E-state index in [-0.39, 0.29) is 27.7 Å². The zero-order chi connectivity index (χ0) is 21.3. The molecule has 2 aromatic heterocycles. The van der Waals surface area contributed by atoms with Crippen LogP contribution in [0, 0.1) is 6.92 Å². The molecule has 29 heavy (non-hydrogen) atoms. The monoisotopic (exact) mass is 426 g/mol. The molecule has 2 heterocycles. The van der Waals surface area contributed by atoms with E-state index in [1.54, 1.807) is 13.1 Å². The van der Waals surface area contributed by atoms with E-state index in [0.717, 1.165) is 28.4 Å². The highest BCUT2D eigenvalue weighted by atomic mass is 32.1. The first-order valence-electron chi connectivity index (χ1n) is 8.27. The smallest absolute Gasteiger partial charge is 0.435 e. The normalized spacial score (nSPS) is 12.0. The van der Waals surface area contributed by atoms with Crippen LogP contribution in [0.2, 0.25) is 0 Å². The lowest BCUT2D eigenvalue weighted by Gasteiger charge is -2.13. The lowest BCUT2D eigenvalue weighted by molar-refractivity contribution is -0.140. The number of ketones is 1. The maximum atomic E-state index is 13.4. The van der Waals surface area contributed by atoms with E-state index in [1.807, 2.05) is 0 Å². The number of aryl methyl sites for hydroxylation is 1. The Morgan fingerprint density at radius 2 is 1.76 bits per heavy atom. The maximum Gasteiger partial charge on any atom is 0.435 e. The van der Waals surface area contributed by atoms with E-state index >= 15 is 0 Å². The molecule has 0 aliphatic rings. The number of allylic oxidation sites excluding steroid dienone is 1. The van der Waals surface area contributed by atoms with Crippen LogP contribution in [0.4, 0.5) is 13.2 Å². The van der Waals surface area contributed by atoms with Crippen LogP contribution in [0.1, 0.15) is 26.6 Å². The Bertz CT molecular complexity index is 1070. The predicted octanol–water partition coefficient (Wildman–Crippen LogP) is 4.64. The number of methoxy groups -OCH3 is 3. The number of hydrogen-bond acceptors (Lipinski definition) is 6. The van der Waals surface area contributed by atoms with Gasteiger partial charge in [0, 0.05) is 16.6 Å². The summed E-state index contributed by atoms with van der Waals surface area (Å²) >= 11 is 1.13. The fourth-order valence-corrected chi connectivity index (χ4v) is 3.65. The van der Waals surface area contributed by atoms with Crippen molar-refractivity contribution >= 4 is 28.2 Å². The fraction of sp³-hybridized carbons (Fsp3) is 0.263. The topological polar surface area (TPSA) is 62.1 Å². The van der Waals surface area contributed by atoms with Gasteiger partial charge in [-0.2, -0.15) is 13.2 Å². The maximum absolute atomic E-state index is 13.4. The summed E-state index contributed by atoms with van der Waals surface area (Å²) in [6, 6.07) is 2.86. The number of alkyl halides is 3. The number of thiazole rings is 1. The van der Waals surface area contributed by atoms with Gasteiger partial charge in [-0.1, -0.05) is 0 Å². The van der Waals surface area contributed by atoms with Gasteiger partial charge >= 0.3 is 6.18 Å². The average molecular weight is 426 g/mol. The molecule has 3 aromatic rings. The highest BCUT2D eigenvalue weighted by Crippen LogP contribution is 2.38. The number of halogens is 3. The number of imidazole rings is 1. The second-order valence-corrected chi connectivity index (χ2v) is 7.16. The number of rotatable bonds is 6. The second-order valence-electron chi connectivity index (χ2n) is 5.95. The number of nitrogens with zero attached hydrogens (tertiary/aromatic N) is 2. The molecule has 154 valence electrons.